The van der Waals surface area contributed by atoms with Crippen molar-refractivity contribution in [3.8, 4) is 11.5 Å². The van der Waals surface area contributed by atoms with Crippen molar-refractivity contribution in [1.29, 1.82) is 0 Å². The van der Waals surface area contributed by atoms with Gasteiger partial charge in [-0.05, 0) is 42.0 Å². The molecule has 2 amide bonds. The highest BCUT2D eigenvalue weighted by molar-refractivity contribution is 6.30. The summed E-state index contributed by atoms with van der Waals surface area (Å²) in [4.78, 5) is 23.6. The number of hydrogen-bond donors (Lipinski definition) is 2. The number of hydrazone groups is 1. The van der Waals surface area contributed by atoms with Crippen molar-refractivity contribution in [3.05, 3.63) is 58.6 Å². The fraction of sp³-hybridized carbons (Fsp3) is 0.118. The van der Waals surface area contributed by atoms with E-state index >= 15 is 0 Å². The van der Waals surface area contributed by atoms with Crippen molar-refractivity contribution in [2.24, 2.45) is 5.10 Å². The molecule has 3 rings (SSSR count). The summed E-state index contributed by atoms with van der Waals surface area (Å²) in [6.07, 6.45) is 1.47. The highest BCUT2D eigenvalue weighted by atomic mass is 35.5. The molecule has 0 saturated carbocycles. The number of carbonyl (C=O) groups excluding carboxylic acids is 2. The molecule has 2 N–H and O–H groups in total. The standard InChI is InChI=1S/C17H14ClN3O4/c18-13-3-1-2-12(7-13)17(23)19-9-16(22)21-20-8-11-4-5-14-15(6-11)25-10-24-14/h1-8H,9-10H2,(H,19,23)(H,21,22)/b20-8+. The van der Waals surface area contributed by atoms with E-state index < -0.39 is 11.8 Å². The van der Waals surface area contributed by atoms with Crippen LogP contribution in [0.3, 0.4) is 0 Å². The van der Waals surface area contributed by atoms with Crippen LogP contribution in [0.4, 0.5) is 0 Å². The summed E-state index contributed by atoms with van der Waals surface area (Å²) in [5.41, 5.74) is 3.46. The zero-order valence-electron chi connectivity index (χ0n) is 13.0. The van der Waals surface area contributed by atoms with Crippen molar-refractivity contribution in [2.75, 3.05) is 13.3 Å². The maximum atomic E-state index is 11.9. The molecular weight excluding hydrogens is 346 g/mol. The molecule has 25 heavy (non-hydrogen) atoms. The average molecular weight is 360 g/mol. The lowest BCUT2D eigenvalue weighted by Crippen LogP contribution is -2.34. The average Bonchev–Trinajstić information content (AvgIpc) is 3.07. The summed E-state index contributed by atoms with van der Waals surface area (Å²) < 4.78 is 10.5. The molecule has 0 aromatic heterocycles. The molecule has 1 aliphatic rings. The first kappa shape index (κ1) is 16.8. The van der Waals surface area contributed by atoms with Crippen molar-refractivity contribution in [2.45, 2.75) is 0 Å². The van der Waals surface area contributed by atoms with Gasteiger partial charge in [0.25, 0.3) is 11.8 Å². The third-order valence-electron chi connectivity index (χ3n) is 3.30. The molecule has 7 nitrogen and oxygen atoms in total. The Bertz CT molecular complexity index is 838. The van der Waals surface area contributed by atoms with E-state index in [0.29, 0.717) is 22.1 Å². The van der Waals surface area contributed by atoms with E-state index in [1.54, 1.807) is 36.4 Å². The van der Waals surface area contributed by atoms with Gasteiger partial charge in [-0.3, -0.25) is 9.59 Å². The largest absolute Gasteiger partial charge is 0.454 e. The van der Waals surface area contributed by atoms with Crippen LogP contribution in [0.15, 0.2) is 47.6 Å². The lowest BCUT2D eigenvalue weighted by Gasteiger charge is -2.04. The molecular formula is C17H14ClN3O4. The summed E-state index contributed by atoms with van der Waals surface area (Å²) in [6.45, 7) is -0.0111. The summed E-state index contributed by atoms with van der Waals surface area (Å²) in [5, 5.41) is 6.78. The lowest BCUT2D eigenvalue weighted by atomic mass is 10.2. The first-order valence-corrected chi connectivity index (χ1v) is 7.75. The topological polar surface area (TPSA) is 89.0 Å². The zero-order chi connectivity index (χ0) is 17.6. The van der Waals surface area contributed by atoms with Gasteiger partial charge in [0.1, 0.15) is 0 Å². The molecule has 2 aromatic rings. The molecule has 0 atom stereocenters. The molecule has 0 saturated heterocycles. The highest BCUT2D eigenvalue weighted by Crippen LogP contribution is 2.31. The molecule has 2 aromatic carbocycles. The van der Waals surface area contributed by atoms with Crippen molar-refractivity contribution in [1.82, 2.24) is 10.7 Å². The van der Waals surface area contributed by atoms with Crippen LogP contribution in [-0.4, -0.2) is 31.4 Å². The number of nitrogens with one attached hydrogen (secondary N) is 2. The van der Waals surface area contributed by atoms with Gasteiger partial charge in [0.15, 0.2) is 11.5 Å². The first-order valence-electron chi connectivity index (χ1n) is 7.37. The van der Waals surface area contributed by atoms with E-state index in [2.05, 4.69) is 15.8 Å². The van der Waals surface area contributed by atoms with Crippen molar-refractivity contribution < 1.29 is 19.1 Å². The molecule has 0 radical (unpaired) electrons. The predicted octanol–water partition coefficient (Wildman–Crippen LogP) is 1.95. The number of rotatable bonds is 5. The molecule has 0 spiro atoms. The second kappa shape index (κ2) is 7.67. The minimum absolute atomic E-state index is 0.193. The molecule has 1 aliphatic heterocycles. The van der Waals surface area contributed by atoms with E-state index in [1.165, 1.54) is 12.3 Å². The highest BCUT2D eigenvalue weighted by Gasteiger charge is 2.12. The Kier molecular flexibility index (Phi) is 5.15. The molecule has 0 bridgehead atoms. The molecule has 1 heterocycles. The number of fused-ring (bicyclic) bond motifs is 1. The minimum atomic E-state index is -0.452. The Morgan fingerprint density at radius 1 is 1.16 bits per heavy atom. The Morgan fingerprint density at radius 2 is 2.00 bits per heavy atom. The van der Waals surface area contributed by atoms with Crippen LogP contribution in [0, 0.1) is 0 Å². The number of benzene rings is 2. The maximum absolute atomic E-state index is 11.9. The number of ether oxygens (including phenoxy) is 2. The summed E-state index contributed by atoms with van der Waals surface area (Å²) in [7, 11) is 0. The third kappa shape index (κ3) is 4.48. The number of amides is 2. The van der Waals surface area contributed by atoms with Crippen LogP contribution >= 0.6 is 11.6 Å². The predicted molar refractivity (Wildman–Crippen MR) is 92.1 cm³/mol. The van der Waals surface area contributed by atoms with Crippen LogP contribution in [0.1, 0.15) is 15.9 Å². The zero-order valence-corrected chi connectivity index (χ0v) is 13.7. The second-order valence-electron chi connectivity index (χ2n) is 5.10. The summed E-state index contributed by atoms with van der Waals surface area (Å²) >= 11 is 5.82. The summed E-state index contributed by atoms with van der Waals surface area (Å²) in [6, 6.07) is 11.7. The van der Waals surface area contributed by atoms with E-state index in [1.807, 2.05) is 0 Å². The fourth-order valence-corrected chi connectivity index (χ4v) is 2.29. The van der Waals surface area contributed by atoms with E-state index in [9.17, 15) is 9.59 Å². The molecule has 8 heteroatoms. The monoisotopic (exact) mass is 359 g/mol. The first-order chi connectivity index (χ1) is 12.1. The number of carbonyl (C=O) groups is 2. The van der Waals surface area contributed by atoms with Crippen molar-refractivity contribution >= 4 is 29.6 Å². The SMILES string of the molecule is O=C(CNC(=O)c1cccc(Cl)c1)N/N=C/c1ccc2c(c1)OCO2. The van der Waals surface area contributed by atoms with E-state index in [4.69, 9.17) is 21.1 Å². The Labute approximate surface area is 148 Å². The number of nitrogens with zero attached hydrogens (tertiary/aromatic N) is 1. The molecule has 0 aliphatic carbocycles. The van der Waals surface area contributed by atoms with Crippen LogP contribution in [-0.2, 0) is 4.79 Å². The molecule has 0 unspecified atom stereocenters. The fourth-order valence-electron chi connectivity index (χ4n) is 2.10. The van der Waals surface area contributed by atoms with Crippen molar-refractivity contribution in [3.63, 3.8) is 0 Å². The van der Waals surface area contributed by atoms with Gasteiger partial charge in [-0.25, -0.2) is 5.43 Å². The van der Waals surface area contributed by atoms with Crippen LogP contribution < -0.4 is 20.2 Å². The van der Waals surface area contributed by atoms with Gasteiger partial charge in [-0.15, -0.1) is 0 Å². The maximum Gasteiger partial charge on any atom is 0.259 e. The Morgan fingerprint density at radius 3 is 2.84 bits per heavy atom. The molecule has 128 valence electrons. The second-order valence-corrected chi connectivity index (χ2v) is 5.54. The van der Waals surface area contributed by atoms with Gasteiger partial charge in [0.2, 0.25) is 6.79 Å². The van der Waals surface area contributed by atoms with Crippen LogP contribution in [0.2, 0.25) is 5.02 Å². The van der Waals surface area contributed by atoms with Gasteiger partial charge in [0.05, 0.1) is 12.8 Å². The van der Waals surface area contributed by atoms with Gasteiger partial charge in [-0.1, -0.05) is 17.7 Å². The van der Waals surface area contributed by atoms with E-state index in [0.717, 1.165) is 5.56 Å². The Hall–Kier alpha value is -3.06. The Balaban J connectivity index is 1.47. The quantitative estimate of drug-likeness (QED) is 0.630. The normalized spacial score (nSPS) is 12.2. The van der Waals surface area contributed by atoms with Gasteiger partial charge < -0.3 is 14.8 Å². The van der Waals surface area contributed by atoms with E-state index in [-0.39, 0.29) is 13.3 Å². The van der Waals surface area contributed by atoms with Gasteiger partial charge in [0, 0.05) is 10.6 Å². The van der Waals surface area contributed by atoms with Gasteiger partial charge in [-0.2, -0.15) is 5.10 Å². The van der Waals surface area contributed by atoms with Crippen LogP contribution in [0.25, 0.3) is 0 Å². The number of halogens is 1. The third-order valence-corrected chi connectivity index (χ3v) is 3.53. The summed E-state index contributed by atoms with van der Waals surface area (Å²) in [5.74, 6) is 0.457. The van der Waals surface area contributed by atoms with Crippen LogP contribution in [0.5, 0.6) is 11.5 Å². The van der Waals surface area contributed by atoms with Gasteiger partial charge >= 0.3 is 0 Å². The lowest BCUT2D eigenvalue weighted by molar-refractivity contribution is -0.120. The number of hydrogen-bond acceptors (Lipinski definition) is 5. The minimum Gasteiger partial charge on any atom is -0.454 e. The smallest absolute Gasteiger partial charge is 0.259 e. The molecule has 0 fully saturated rings.